The molecule has 2 amide bonds. The summed E-state index contributed by atoms with van der Waals surface area (Å²) < 4.78 is 5.12. The maximum Gasteiger partial charge on any atom is 0.321 e. The molecule has 5 heteroatoms. The van der Waals surface area contributed by atoms with Gasteiger partial charge >= 0.3 is 6.03 Å². The summed E-state index contributed by atoms with van der Waals surface area (Å²) in [6.45, 7) is 3.99. The Morgan fingerprint density at radius 2 is 1.90 bits per heavy atom. The van der Waals surface area contributed by atoms with E-state index < -0.39 is 0 Å². The third kappa shape index (κ3) is 2.97. The Morgan fingerprint density at radius 1 is 1.19 bits per heavy atom. The predicted octanol–water partition coefficient (Wildman–Crippen LogP) is 2.25. The monoisotopic (exact) mass is 289 g/mol. The zero-order valence-electron chi connectivity index (χ0n) is 12.8. The van der Waals surface area contributed by atoms with Gasteiger partial charge in [-0.25, -0.2) is 4.79 Å². The van der Waals surface area contributed by atoms with Crippen molar-refractivity contribution in [2.45, 2.75) is 12.8 Å². The molecule has 0 radical (unpaired) electrons. The van der Waals surface area contributed by atoms with Crippen molar-refractivity contribution in [1.29, 1.82) is 0 Å². The SMILES string of the molecule is COc1ccc(NC(=O)N2CC[C@@]3(CCN(C)C3)C2)cc1. The fourth-order valence-electron chi connectivity index (χ4n) is 3.48. The van der Waals surface area contributed by atoms with Crippen LogP contribution in [0.1, 0.15) is 12.8 Å². The Kier molecular flexibility index (Phi) is 3.76. The van der Waals surface area contributed by atoms with Crippen LogP contribution in [-0.2, 0) is 0 Å². The molecule has 2 heterocycles. The van der Waals surface area contributed by atoms with E-state index in [1.165, 1.54) is 6.42 Å². The van der Waals surface area contributed by atoms with E-state index in [0.29, 0.717) is 5.41 Å². The molecule has 0 unspecified atom stereocenters. The molecule has 114 valence electrons. The van der Waals surface area contributed by atoms with Crippen LogP contribution in [-0.4, -0.2) is 56.2 Å². The van der Waals surface area contributed by atoms with Gasteiger partial charge in [-0.2, -0.15) is 0 Å². The average molecular weight is 289 g/mol. The Hall–Kier alpha value is -1.75. The summed E-state index contributed by atoms with van der Waals surface area (Å²) in [4.78, 5) is 16.7. The molecule has 0 saturated carbocycles. The summed E-state index contributed by atoms with van der Waals surface area (Å²) in [7, 11) is 3.80. The maximum absolute atomic E-state index is 12.4. The van der Waals surface area contributed by atoms with E-state index in [2.05, 4.69) is 17.3 Å². The molecule has 21 heavy (non-hydrogen) atoms. The molecule has 0 aliphatic carbocycles. The molecule has 0 bridgehead atoms. The zero-order chi connectivity index (χ0) is 14.9. The van der Waals surface area contributed by atoms with Crippen LogP contribution >= 0.6 is 0 Å². The van der Waals surface area contributed by atoms with Crippen LogP contribution in [0.15, 0.2) is 24.3 Å². The van der Waals surface area contributed by atoms with Crippen molar-refractivity contribution in [3.8, 4) is 5.75 Å². The number of nitrogens with zero attached hydrogens (tertiary/aromatic N) is 2. The van der Waals surface area contributed by atoms with E-state index in [-0.39, 0.29) is 6.03 Å². The fourth-order valence-corrected chi connectivity index (χ4v) is 3.48. The van der Waals surface area contributed by atoms with Crippen molar-refractivity contribution >= 4 is 11.7 Å². The van der Waals surface area contributed by atoms with Gasteiger partial charge in [-0.15, -0.1) is 0 Å². The third-order valence-electron chi connectivity index (χ3n) is 4.70. The number of likely N-dealkylation sites (tertiary alicyclic amines) is 2. The normalized spacial score (nSPS) is 25.5. The van der Waals surface area contributed by atoms with Crippen LogP contribution < -0.4 is 10.1 Å². The summed E-state index contributed by atoms with van der Waals surface area (Å²) in [5, 5.41) is 2.97. The fraction of sp³-hybridized carbons (Fsp3) is 0.562. The molecule has 0 aromatic heterocycles. The van der Waals surface area contributed by atoms with Crippen LogP contribution in [0.5, 0.6) is 5.75 Å². The zero-order valence-corrected chi connectivity index (χ0v) is 12.8. The van der Waals surface area contributed by atoms with Crippen LogP contribution in [0.4, 0.5) is 10.5 Å². The first-order valence-corrected chi connectivity index (χ1v) is 7.49. The van der Waals surface area contributed by atoms with E-state index in [1.807, 2.05) is 29.2 Å². The highest BCUT2D eigenvalue weighted by Gasteiger charge is 2.43. The number of carbonyl (C=O) groups excluding carboxylic acids is 1. The van der Waals surface area contributed by atoms with Gasteiger partial charge in [0.1, 0.15) is 5.75 Å². The number of carbonyl (C=O) groups is 1. The van der Waals surface area contributed by atoms with Crippen molar-refractivity contribution in [2.75, 3.05) is 45.7 Å². The second kappa shape index (κ2) is 5.56. The lowest BCUT2D eigenvalue weighted by Gasteiger charge is -2.24. The van der Waals surface area contributed by atoms with Crippen LogP contribution in [0, 0.1) is 5.41 Å². The minimum Gasteiger partial charge on any atom is -0.497 e. The number of hydrogen-bond donors (Lipinski definition) is 1. The molecule has 3 rings (SSSR count). The Morgan fingerprint density at radius 3 is 2.52 bits per heavy atom. The molecule has 2 aliphatic heterocycles. The second-order valence-electron chi connectivity index (χ2n) is 6.32. The van der Waals surface area contributed by atoms with Crippen molar-refractivity contribution in [1.82, 2.24) is 9.80 Å². The number of amides is 2. The number of benzene rings is 1. The largest absolute Gasteiger partial charge is 0.497 e. The average Bonchev–Trinajstić information content (AvgIpc) is 3.07. The van der Waals surface area contributed by atoms with Crippen LogP contribution in [0.25, 0.3) is 0 Å². The van der Waals surface area contributed by atoms with Crippen molar-refractivity contribution < 1.29 is 9.53 Å². The van der Waals surface area contributed by atoms with Crippen molar-refractivity contribution in [2.24, 2.45) is 5.41 Å². The summed E-state index contributed by atoms with van der Waals surface area (Å²) in [5.41, 5.74) is 1.14. The summed E-state index contributed by atoms with van der Waals surface area (Å²) in [6.07, 6.45) is 2.32. The molecule has 2 fully saturated rings. The van der Waals surface area contributed by atoms with E-state index >= 15 is 0 Å². The highest BCUT2D eigenvalue weighted by Crippen LogP contribution is 2.38. The first-order chi connectivity index (χ1) is 10.1. The van der Waals surface area contributed by atoms with Gasteiger partial charge < -0.3 is 19.9 Å². The lowest BCUT2D eigenvalue weighted by molar-refractivity contribution is 0.212. The van der Waals surface area contributed by atoms with Gasteiger partial charge in [-0.3, -0.25) is 0 Å². The van der Waals surface area contributed by atoms with E-state index in [0.717, 1.165) is 44.0 Å². The quantitative estimate of drug-likeness (QED) is 0.908. The Bertz CT molecular complexity index is 517. The van der Waals surface area contributed by atoms with Crippen molar-refractivity contribution in [3.63, 3.8) is 0 Å². The summed E-state index contributed by atoms with van der Waals surface area (Å²) in [6, 6.07) is 7.45. The smallest absolute Gasteiger partial charge is 0.321 e. The predicted molar refractivity (Wildman–Crippen MR) is 82.7 cm³/mol. The van der Waals surface area contributed by atoms with Crippen LogP contribution in [0.2, 0.25) is 0 Å². The van der Waals surface area contributed by atoms with Gasteiger partial charge in [0.2, 0.25) is 0 Å². The molecular weight excluding hydrogens is 266 g/mol. The first kappa shape index (κ1) is 14.2. The van der Waals surface area contributed by atoms with Gasteiger partial charge in [0.25, 0.3) is 0 Å². The lowest BCUT2D eigenvalue weighted by Crippen LogP contribution is -2.36. The molecule has 2 aliphatic rings. The first-order valence-electron chi connectivity index (χ1n) is 7.49. The van der Waals surface area contributed by atoms with Gasteiger partial charge in [0.15, 0.2) is 0 Å². The summed E-state index contributed by atoms with van der Waals surface area (Å²) >= 11 is 0. The van der Waals surface area contributed by atoms with Crippen molar-refractivity contribution in [3.05, 3.63) is 24.3 Å². The highest BCUT2D eigenvalue weighted by molar-refractivity contribution is 5.89. The van der Waals surface area contributed by atoms with Gasteiger partial charge in [-0.1, -0.05) is 0 Å². The maximum atomic E-state index is 12.4. The van der Waals surface area contributed by atoms with Crippen LogP contribution in [0.3, 0.4) is 0 Å². The van der Waals surface area contributed by atoms with Gasteiger partial charge in [0, 0.05) is 30.7 Å². The standard InChI is InChI=1S/C16H23N3O2/c1-18-9-7-16(11-18)8-10-19(12-16)15(20)17-13-3-5-14(21-2)6-4-13/h3-6H,7-12H2,1-2H3,(H,17,20)/t16-/m1/s1. The number of anilines is 1. The molecule has 2 saturated heterocycles. The molecular formula is C16H23N3O2. The number of urea groups is 1. The lowest BCUT2D eigenvalue weighted by atomic mass is 9.86. The highest BCUT2D eigenvalue weighted by atomic mass is 16.5. The van der Waals surface area contributed by atoms with Gasteiger partial charge in [0.05, 0.1) is 7.11 Å². The van der Waals surface area contributed by atoms with E-state index in [1.54, 1.807) is 7.11 Å². The Labute approximate surface area is 125 Å². The summed E-state index contributed by atoms with van der Waals surface area (Å²) in [5.74, 6) is 0.794. The number of methoxy groups -OCH3 is 1. The third-order valence-corrected chi connectivity index (χ3v) is 4.70. The molecule has 5 nitrogen and oxygen atoms in total. The number of rotatable bonds is 2. The van der Waals surface area contributed by atoms with Gasteiger partial charge in [-0.05, 0) is 50.7 Å². The number of ether oxygens (including phenoxy) is 1. The van der Waals surface area contributed by atoms with E-state index in [4.69, 9.17) is 4.74 Å². The molecule has 1 aromatic rings. The number of nitrogens with one attached hydrogen (secondary N) is 1. The molecule has 1 spiro atoms. The minimum atomic E-state index is 0.00611. The minimum absolute atomic E-state index is 0.00611. The molecule has 1 aromatic carbocycles. The van der Waals surface area contributed by atoms with E-state index in [9.17, 15) is 4.79 Å². The Balaban J connectivity index is 1.58. The topological polar surface area (TPSA) is 44.8 Å². The number of hydrogen-bond acceptors (Lipinski definition) is 3. The second-order valence-corrected chi connectivity index (χ2v) is 6.32. The molecule has 1 N–H and O–H groups in total. The molecule has 1 atom stereocenters.